The van der Waals surface area contributed by atoms with Gasteiger partial charge in [0.05, 0.1) is 0 Å². The number of aromatic nitrogens is 1. The number of guanidine groups is 1. The third-order valence-corrected chi connectivity index (χ3v) is 5.05. The summed E-state index contributed by atoms with van der Waals surface area (Å²) in [6, 6.07) is 4.60. The smallest absolute Gasteiger partial charge is 0.190 e. The lowest BCUT2D eigenvalue weighted by atomic mass is 10.0. The molecule has 6 heteroatoms. The fourth-order valence-electron chi connectivity index (χ4n) is 3.24. The van der Waals surface area contributed by atoms with E-state index in [2.05, 4.69) is 32.4 Å². The molecule has 140 valence electrons. The van der Waals surface area contributed by atoms with E-state index in [-0.39, 0.29) is 0 Å². The number of rotatable bonds is 8. The number of nitrogens with zero attached hydrogens (tertiary/aromatic N) is 3. The van der Waals surface area contributed by atoms with Gasteiger partial charge in [-0.25, -0.2) is 4.98 Å². The van der Waals surface area contributed by atoms with Gasteiger partial charge in [-0.05, 0) is 63.7 Å². The van der Waals surface area contributed by atoms with Gasteiger partial charge >= 0.3 is 0 Å². The Morgan fingerprint density at radius 1 is 1.28 bits per heavy atom. The van der Waals surface area contributed by atoms with E-state index in [9.17, 15) is 0 Å². The maximum Gasteiger partial charge on any atom is 0.190 e. The zero-order valence-electron chi connectivity index (χ0n) is 15.6. The molecule has 2 heterocycles. The molecule has 2 N–H and O–H groups in total. The van der Waals surface area contributed by atoms with Crippen LogP contribution in [0.15, 0.2) is 23.3 Å². The van der Waals surface area contributed by atoms with Crippen molar-refractivity contribution in [2.24, 2.45) is 4.99 Å². The molecule has 0 amide bonds. The first-order valence-corrected chi connectivity index (χ1v) is 9.86. The molecule has 2 rings (SSSR count). The second kappa shape index (κ2) is 11.3. The molecular formula is C19H32ClN5. The summed E-state index contributed by atoms with van der Waals surface area (Å²) in [5, 5.41) is 7.28. The molecule has 1 saturated heterocycles. The highest BCUT2D eigenvalue weighted by Gasteiger charge is 2.16. The van der Waals surface area contributed by atoms with Gasteiger partial charge in [-0.15, -0.1) is 0 Å². The molecule has 1 aromatic rings. The van der Waals surface area contributed by atoms with Crippen molar-refractivity contribution < 1.29 is 0 Å². The van der Waals surface area contributed by atoms with E-state index in [4.69, 9.17) is 11.6 Å². The Balaban J connectivity index is 1.55. The largest absolute Gasteiger partial charge is 0.356 e. The van der Waals surface area contributed by atoms with Crippen LogP contribution in [0.2, 0.25) is 5.15 Å². The van der Waals surface area contributed by atoms with Gasteiger partial charge in [-0.3, -0.25) is 4.99 Å². The standard InChI is InChI=1S/C19H32ClN5/c1-16-7-3-5-13-25(16)14-6-4-11-22-19(21-2)23-12-10-17-8-9-18(20)24-15-17/h8-9,15-16H,3-7,10-14H2,1-2H3,(H2,21,22,23). The predicted octanol–water partition coefficient (Wildman–Crippen LogP) is 3.10. The Morgan fingerprint density at radius 2 is 2.12 bits per heavy atom. The summed E-state index contributed by atoms with van der Waals surface area (Å²) in [5.41, 5.74) is 1.17. The molecule has 0 saturated carbocycles. The van der Waals surface area contributed by atoms with Crippen LogP contribution in [0.3, 0.4) is 0 Å². The molecule has 0 aromatic carbocycles. The van der Waals surface area contributed by atoms with Crippen LogP contribution in [-0.4, -0.2) is 55.1 Å². The number of halogens is 1. The molecule has 0 aliphatic carbocycles. The third kappa shape index (κ3) is 7.61. The number of hydrogen-bond acceptors (Lipinski definition) is 3. The highest BCUT2D eigenvalue weighted by Crippen LogP contribution is 2.16. The maximum absolute atomic E-state index is 5.80. The van der Waals surface area contributed by atoms with Crippen LogP contribution in [0.5, 0.6) is 0 Å². The number of pyridine rings is 1. The Hall–Kier alpha value is -1.33. The highest BCUT2D eigenvalue weighted by atomic mass is 35.5. The summed E-state index contributed by atoms with van der Waals surface area (Å²) in [6.07, 6.45) is 9.25. The van der Waals surface area contributed by atoms with E-state index in [1.807, 2.05) is 25.4 Å². The van der Waals surface area contributed by atoms with Crippen LogP contribution in [-0.2, 0) is 6.42 Å². The second-order valence-corrected chi connectivity index (χ2v) is 7.14. The minimum atomic E-state index is 0.535. The molecule has 1 unspecified atom stereocenters. The molecule has 0 radical (unpaired) electrons. The Morgan fingerprint density at radius 3 is 2.84 bits per heavy atom. The topological polar surface area (TPSA) is 52.6 Å². The van der Waals surface area contributed by atoms with E-state index in [1.54, 1.807) is 0 Å². The van der Waals surface area contributed by atoms with Crippen molar-refractivity contribution in [2.45, 2.75) is 51.5 Å². The average Bonchev–Trinajstić information content (AvgIpc) is 2.63. The van der Waals surface area contributed by atoms with Gasteiger partial charge in [-0.2, -0.15) is 0 Å². The molecule has 0 spiro atoms. The molecular weight excluding hydrogens is 334 g/mol. The van der Waals surface area contributed by atoms with Crippen LogP contribution < -0.4 is 10.6 Å². The van der Waals surface area contributed by atoms with Gasteiger partial charge in [0.2, 0.25) is 0 Å². The monoisotopic (exact) mass is 365 g/mol. The molecule has 1 aromatic heterocycles. The van der Waals surface area contributed by atoms with E-state index in [1.165, 1.54) is 50.8 Å². The summed E-state index contributed by atoms with van der Waals surface area (Å²) in [6.45, 7) is 6.65. The molecule has 1 aliphatic heterocycles. The van der Waals surface area contributed by atoms with Crippen molar-refractivity contribution in [2.75, 3.05) is 33.2 Å². The molecule has 1 atom stereocenters. The van der Waals surface area contributed by atoms with Gasteiger partial charge < -0.3 is 15.5 Å². The van der Waals surface area contributed by atoms with Crippen molar-refractivity contribution in [3.8, 4) is 0 Å². The summed E-state index contributed by atoms with van der Waals surface area (Å²) in [4.78, 5) is 11.0. The number of aliphatic imine (C=N–C) groups is 1. The quantitative estimate of drug-likeness (QED) is 0.322. The first-order valence-electron chi connectivity index (χ1n) is 9.48. The number of piperidine rings is 1. The summed E-state index contributed by atoms with van der Waals surface area (Å²) in [5.74, 6) is 0.869. The molecule has 5 nitrogen and oxygen atoms in total. The lowest BCUT2D eigenvalue weighted by Gasteiger charge is -2.33. The average molecular weight is 366 g/mol. The van der Waals surface area contributed by atoms with Crippen molar-refractivity contribution in [3.05, 3.63) is 29.0 Å². The second-order valence-electron chi connectivity index (χ2n) is 6.75. The molecule has 0 bridgehead atoms. The Kier molecular flexibility index (Phi) is 9.05. The third-order valence-electron chi connectivity index (χ3n) is 4.82. The van der Waals surface area contributed by atoms with Crippen molar-refractivity contribution >= 4 is 17.6 Å². The SMILES string of the molecule is CN=C(NCCCCN1CCCCC1C)NCCc1ccc(Cl)nc1. The first kappa shape index (κ1) is 20.0. The van der Waals surface area contributed by atoms with E-state index < -0.39 is 0 Å². The van der Waals surface area contributed by atoms with Crippen LogP contribution in [0.1, 0.15) is 44.6 Å². The van der Waals surface area contributed by atoms with E-state index in [0.717, 1.165) is 31.5 Å². The van der Waals surface area contributed by atoms with Gasteiger partial charge in [-0.1, -0.05) is 24.1 Å². The van der Waals surface area contributed by atoms with Crippen molar-refractivity contribution in [1.82, 2.24) is 20.5 Å². The molecule has 1 aliphatic rings. The van der Waals surface area contributed by atoms with Gasteiger partial charge in [0.25, 0.3) is 0 Å². The van der Waals surface area contributed by atoms with E-state index >= 15 is 0 Å². The van der Waals surface area contributed by atoms with Gasteiger partial charge in [0.1, 0.15) is 5.15 Å². The number of likely N-dealkylation sites (tertiary alicyclic amines) is 1. The van der Waals surface area contributed by atoms with Gasteiger partial charge in [0.15, 0.2) is 5.96 Å². The lowest BCUT2D eigenvalue weighted by Crippen LogP contribution is -2.40. The van der Waals surface area contributed by atoms with Crippen molar-refractivity contribution in [3.63, 3.8) is 0 Å². The predicted molar refractivity (Wildman–Crippen MR) is 106 cm³/mol. The van der Waals surface area contributed by atoms with Crippen molar-refractivity contribution in [1.29, 1.82) is 0 Å². The first-order chi connectivity index (χ1) is 12.2. The lowest BCUT2D eigenvalue weighted by molar-refractivity contribution is 0.158. The molecule has 25 heavy (non-hydrogen) atoms. The number of nitrogens with one attached hydrogen (secondary N) is 2. The normalized spacial score (nSPS) is 19.0. The van der Waals surface area contributed by atoms with Crippen LogP contribution in [0, 0.1) is 0 Å². The Labute approximate surface area is 157 Å². The minimum Gasteiger partial charge on any atom is -0.356 e. The van der Waals surface area contributed by atoms with Crippen LogP contribution in [0.25, 0.3) is 0 Å². The Bertz CT molecular complexity index is 517. The minimum absolute atomic E-state index is 0.535. The number of unbranched alkanes of at least 4 members (excludes halogenated alkanes) is 1. The van der Waals surface area contributed by atoms with Crippen LogP contribution in [0.4, 0.5) is 0 Å². The summed E-state index contributed by atoms with van der Waals surface area (Å²) in [7, 11) is 1.81. The van der Waals surface area contributed by atoms with E-state index in [0.29, 0.717) is 5.15 Å². The highest BCUT2D eigenvalue weighted by molar-refractivity contribution is 6.29. The molecule has 1 fully saturated rings. The van der Waals surface area contributed by atoms with Gasteiger partial charge in [0, 0.05) is 32.4 Å². The maximum atomic E-state index is 5.80. The summed E-state index contributed by atoms with van der Waals surface area (Å²) >= 11 is 5.80. The fourth-order valence-corrected chi connectivity index (χ4v) is 3.35. The fraction of sp³-hybridized carbons (Fsp3) is 0.684. The zero-order valence-corrected chi connectivity index (χ0v) is 16.4. The summed E-state index contributed by atoms with van der Waals surface area (Å²) < 4.78 is 0. The van der Waals surface area contributed by atoms with Crippen LogP contribution >= 0.6 is 11.6 Å². The zero-order chi connectivity index (χ0) is 17.9. The number of hydrogen-bond donors (Lipinski definition) is 2.